The molecule has 1 aliphatic rings. The molecule has 1 heterocycles. The molecule has 1 aliphatic heterocycles. The van der Waals surface area contributed by atoms with Gasteiger partial charge in [0, 0.05) is 4.90 Å². The minimum Gasteiger partial charge on any atom is -0.511 e. The zero-order valence-electron chi connectivity index (χ0n) is 17.8. The summed E-state index contributed by atoms with van der Waals surface area (Å²) in [4.78, 5) is 14.1. The Labute approximate surface area is 196 Å². The van der Waals surface area contributed by atoms with Crippen molar-refractivity contribution in [3.05, 3.63) is 119 Å². The number of rotatable bonds is 6. The molecule has 5 rings (SSSR count). The number of cyclic esters (lactones) is 1. The van der Waals surface area contributed by atoms with Crippen LogP contribution in [0.4, 0.5) is 0 Å². The standard InChI is InChI=1S/C28H22O4S/c29-25-18-28(22-11-3-1-4-12-22,32-27(30)26(25)33-24-13-5-2-6-14-24)19-31-23-16-15-20-9-7-8-10-21(20)17-23/h1-17,29H,18-19H2. The molecule has 0 saturated heterocycles. The Balaban J connectivity index is 1.45. The molecular weight excluding hydrogens is 432 g/mol. The van der Waals surface area contributed by atoms with Gasteiger partial charge in [-0.3, -0.25) is 0 Å². The van der Waals surface area contributed by atoms with E-state index in [1.165, 1.54) is 11.8 Å². The molecule has 1 atom stereocenters. The summed E-state index contributed by atoms with van der Waals surface area (Å²) in [6.45, 7) is 0.0778. The zero-order chi connectivity index (χ0) is 22.7. The van der Waals surface area contributed by atoms with Crippen molar-refractivity contribution in [1.82, 2.24) is 0 Å². The van der Waals surface area contributed by atoms with Crippen LogP contribution in [0.5, 0.6) is 5.75 Å². The number of hydrogen-bond acceptors (Lipinski definition) is 5. The molecule has 33 heavy (non-hydrogen) atoms. The predicted octanol–water partition coefficient (Wildman–Crippen LogP) is 6.62. The number of hydrogen-bond donors (Lipinski definition) is 1. The molecule has 0 bridgehead atoms. The lowest BCUT2D eigenvalue weighted by atomic mass is 9.88. The van der Waals surface area contributed by atoms with E-state index in [0.717, 1.165) is 21.2 Å². The molecule has 0 fully saturated rings. The average molecular weight is 455 g/mol. The third-order valence-corrected chi connectivity index (χ3v) is 6.76. The highest BCUT2D eigenvalue weighted by molar-refractivity contribution is 8.04. The van der Waals surface area contributed by atoms with Crippen LogP contribution in [-0.2, 0) is 15.1 Å². The number of esters is 1. The highest BCUT2D eigenvalue weighted by atomic mass is 32.2. The SMILES string of the molecule is O=C1OC(COc2ccc3ccccc3c2)(c2ccccc2)CC(O)=C1Sc1ccccc1. The van der Waals surface area contributed by atoms with Crippen LogP contribution >= 0.6 is 11.8 Å². The van der Waals surface area contributed by atoms with Crippen molar-refractivity contribution in [2.24, 2.45) is 0 Å². The Morgan fingerprint density at radius 1 is 0.848 bits per heavy atom. The van der Waals surface area contributed by atoms with Crippen molar-refractivity contribution in [2.45, 2.75) is 16.9 Å². The molecule has 4 nitrogen and oxygen atoms in total. The highest BCUT2D eigenvalue weighted by Crippen LogP contribution is 2.43. The second-order valence-corrected chi connectivity index (χ2v) is 9.00. The lowest BCUT2D eigenvalue weighted by Gasteiger charge is -2.37. The third kappa shape index (κ3) is 4.45. The normalized spacial score (nSPS) is 18.2. The van der Waals surface area contributed by atoms with Gasteiger partial charge in [-0.15, -0.1) is 0 Å². The monoisotopic (exact) mass is 454 g/mol. The van der Waals surface area contributed by atoms with Crippen LogP contribution in [0, 0.1) is 0 Å². The first-order valence-electron chi connectivity index (χ1n) is 10.7. The minimum atomic E-state index is -1.13. The van der Waals surface area contributed by atoms with Gasteiger partial charge in [-0.2, -0.15) is 0 Å². The van der Waals surface area contributed by atoms with Gasteiger partial charge in [0.1, 0.15) is 23.0 Å². The third-order valence-electron chi connectivity index (χ3n) is 5.64. The number of benzene rings is 4. The van der Waals surface area contributed by atoms with Crippen molar-refractivity contribution in [3.63, 3.8) is 0 Å². The maximum atomic E-state index is 13.1. The summed E-state index contributed by atoms with van der Waals surface area (Å²) in [5, 5.41) is 13.1. The Bertz CT molecular complexity index is 1320. The van der Waals surface area contributed by atoms with E-state index in [0.29, 0.717) is 5.75 Å². The van der Waals surface area contributed by atoms with E-state index in [9.17, 15) is 9.90 Å². The molecule has 164 valence electrons. The Morgan fingerprint density at radius 2 is 1.52 bits per heavy atom. The average Bonchev–Trinajstić information content (AvgIpc) is 2.86. The summed E-state index contributed by atoms with van der Waals surface area (Å²) in [6.07, 6.45) is 0.130. The summed E-state index contributed by atoms with van der Waals surface area (Å²) >= 11 is 1.21. The van der Waals surface area contributed by atoms with Crippen LogP contribution in [0.25, 0.3) is 10.8 Å². The number of thioether (sulfide) groups is 1. The van der Waals surface area contributed by atoms with Crippen molar-refractivity contribution >= 4 is 28.5 Å². The van der Waals surface area contributed by atoms with E-state index >= 15 is 0 Å². The summed E-state index contributed by atoms with van der Waals surface area (Å²) < 4.78 is 12.2. The molecule has 0 spiro atoms. The summed E-state index contributed by atoms with van der Waals surface area (Å²) in [6, 6.07) is 32.8. The van der Waals surface area contributed by atoms with Crippen LogP contribution in [-0.4, -0.2) is 17.7 Å². The Morgan fingerprint density at radius 3 is 2.24 bits per heavy atom. The Kier molecular flexibility index (Phi) is 5.80. The molecule has 1 unspecified atom stereocenters. The highest BCUT2D eigenvalue weighted by Gasteiger charge is 2.44. The molecule has 5 heteroatoms. The zero-order valence-corrected chi connectivity index (χ0v) is 18.6. The topological polar surface area (TPSA) is 55.8 Å². The number of carbonyl (C=O) groups is 1. The van der Waals surface area contributed by atoms with Gasteiger partial charge >= 0.3 is 5.97 Å². The van der Waals surface area contributed by atoms with Gasteiger partial charge in [0.25, 0.3) is 0 Å². The first-order valence-corrected chi connectivity index (χ1v) is 11.5. The summed E-state index contributed by atoms with van der Waals surface area (Å²) in [5.74, 6) is 0.123. The maximum Gasteiger partial charge on any atom is 0.349 e. The lowest BCUT2D eigenvalue weighted by Crippen LogP contribution is -2.42. The van der Waals surface area contributed by atoms with E-state index in [4.69, 9.17) is 9.47 Å². The van der Waals surface area contributed by atoms with E-state index in [-0.39, 0.29) is 23.7 Å². The molecule has 1 N–H and O–H groups in total. The van der Waals surface area contributed by atoms with E-state index in [1.54, 1.807) is 0 Å². The quantitative estimate of drug-likeness (QED) is 0.332. The predicted molar refractivity (Wildman–Crippen MR) is 130 cm³/mol. The molecule has 0 radical (unpaired) electrons. The van der Waals surface area contributed by atoms with Gasteiger partial charge in [0.15, 0.2) is 5.60 Å². The van der Waals surface area contributed by atoms with Gasteiger partial charge in [0.05, 0.1) is 6.42 Å². The smallest absolute Gasteiger partial charge is 0.349 e. The molecular formula is C28H22O4S. The number of aliphatic hydroxyl groups is 1. The summed E-state index contributed by atoms with van der Waals surface area (Å²) in [5.41, 5.74) is -0.358. The number of ether oxygens (including phenoxy) is 2. The van der Waals surface area contributed by atoms with Gasteiger partial charge in [-0.25, -0.2) is 4.79 Å². The lowest BCUT2D eigenvalue weighted by molar-refractivity contribution is -0.163. The summed E-state index contributed by atoms with van der Waals surface area (Å²) in [7, 11) is 0. The van der Waals surface area contributed by atoms with Gasteiger partial charge in [-0.05, 0) is 40.6 Å². The van der Waals surface area contributed by atoms with E-state index in [1.807, 2.05) is 103 Å². The molecule has 4 aromatic rings. The van der Waals surface area contributed by atoms with Crippen molar-refractivity contribution in [2.75, 3.05) is 6.61 Å². The molecule has 4 aromatic carbocycles. The largest absolute Gasteiger partial charge is 0.511 e. The first-order chi connectivity index (χ1) is 16.1. The number of aliphatic hydroxyl groups excluding tert-OH is 1. The van der Waals surface area contributed by atoms with E-state index < -0.39 is 11.6 Å². The molecule has 0 amide bonds. The first kappa shape index (κ1) is 21.2. The Hall–Kier alpha value is -3.70. The van der Waals surface area contributed by atoms with Crippen molar-refractivity contribution in [3.8, 4) is 5.75 Å². The fourth-order valence-corrected chi connectivity index (χ4v) is 4.80. The van der Waals surface area contributed by atoms with Crippen molar-refractivity contribution < 1.29 is 19.4 Å². The number of carbonyl (C=O) groups excluding carboxylic acids is 1. The van der Waals surface area contributed by atoms with Crippen LogP contribution in [0.3, 0.4) is 0 Å². The molecule has 0 aromatic heterocycles. The minimum absolute atomic E-state index is 0.00562. The van der Waals surface area contributed by atoms with Crippen LogP contribution in [0.1, 0.15) is 12.0 Å². The fourth-order valence-electron chi connectivity index (χ4n) is 3.96. The van der Waals surface area contributed by atoms with Crippen molar-refractivity contribution in [1.29, 1.82) is 0 Å². The molecule has 0 saturated carbocycles. The second-order valence-electron chi connectivity index (χ2n) is 7.92. The van der Waals surface area contributed by atoms with Gasteiger partial charge in [0.2, 0.25) is 0 Å². The maximum absolute atomic E-state index is 13.1. The second kappa shape index (κ2) is 9.04. The number of fused-ring (bicyclic) bond motifs is 1. The van der Waals surface area contributed by atoms with Crippen LogP contribution < -0.4 is 4.74 Å². The van der Waals surface area contributed by atoms with Crippen LogP contribution in [0.15, 0.2) is 119 Å². The van der Waals surface area contributed by atoms with E-state index in [2.05, 4.69) is 0 Å². The van der Waals surface area contributed by atoms with Crippen LogP contribution in [0.2, 0.25) is 0 Å². The van der Waals surface area contributed by atoms with Gasteiger partial charge in [-0.1, -0.05) is 90.6 Å². The van der Waals surface area contributed by atoms with Gasteiger partial charge < -0.3 is 14.6 Å². The molecule has 0 aliphatic carbocycles. The fraction of sp³-hybridized carbons (Fsp3) is 0.107.